The van der Waals surface area contributed by atoms with Gasteiger partial charge in [0, 0.05) is 17.0 Å². The summed E-state index contributed by atoms with van der Waals surface area (Å²) in [5, 5.41) is 13.5. The summed E-state index contributed by atoms with van der Waals surface area (Å²) in [6, 6.07) is 0. The average molecular weight is 339 g/mol. The predicted molar refractivity (Wildman–Crippen MR) is 98.1 cm³/mol. The molecule has 25 heavy (non-hydrogen) atoms. The van der Waals surface area contributed by atoms with E-state index >= 15 is 0 Å². The third-order valence-electron chi connectivity index (χ3n) is 5.53. The first-order valence-corrected chi connectivity index (χ1v) is 9.38. The van der Waals surface area contributed by atoms with Crippen LogP contribution in [0.2, 0.25) is 0 Å². The second kappa shape index (κ2) is 8.74. The molecule has 2 aliphatic rings. The first-order chi connectivity index (χ1) is 11.2. The van der Waals surface area contributed by atoms with Crippen LogP contribution in [0.15, 0.2) is 35.4 Å². The van der Waals surface area contributed by atoms with Crippen LogP contribution in [-0.2, 0) is 4.74 Å². The molecule has 0 saturated carbocycles. The summed E-state index contributed by atoms with van der Waals surface area (Å²) in [5.41, 5.74) is 0.729. The first-order valence-electron chi connectivity index (χ1n) is 9.38. The van der Waals surface area contributed by atoms with Crippen LogP contribution >= 0.6 is 0 Å². The van der Waals surface area contributed by atoms with Gasteiger partial charge in [-0.1, -0.05) is 25.8 Å². The fraction of sp³-hybridized carbons (Fsp3) is 0.714. The summed E-state index contributed by atoms with van der Waals surface area (Å²) in [7, 11) is 1.69. The Hall–Kier alpha value is -0.783. The number of ether oxygens (including phenoxy) is 1. The van der Waals surface area contributed by atoms with Gasteiger partial charge in [-0.2, -0.15) is 0 Å². The van der Waals surface area contributed by atoms with Crippen molar-refractivity contribution in [3.63, 3.8) is 0 Å². The van der Waals surface area contributed by atoms with Gasteiger partial charge in [0.2, 0.25) is 0 Å². The molecule has 0 aromatic carbocycles. The standard InChI is InChI=1S/C21H35NO2.Li/c1-7-8-10-16-15-17(24-6)11-12-18(16)19(23)22-20(2,3)13-9-14-21(22,4)5;/h11-12,15-16,23H,7-10,13-14H2,1-6H3;/q;+1/p-1/b19-18-;. The monoisotopic (exact) mass is 339 g/mol. The number of unbranched alkanes of at least 4 members (excludes halogenated alkanes) is 1. The van der Waals surface area contributed by atoms with E-state index in [0.29, 0.717) is 0 Å². The Kier molecular flexibility index (Phi) is 7.78. The molecule has 1 aliphatic heterocycles. The number of methoxy groups -OCH3 is 1. The molecular formula is C21H34LiNO2. The van der Waals surface area contributed by atoms with Crippen molar-refractivity contribution in [1.29, 1.82) is 0 Å². The molecule has 0 bridgehead atoms. The zero-order valence-corrected chi connectivity index (χ0v) is 17.3. The summed E-state index contributed by atoms with van der Waals surface area (Å²) in [4.78, 5) is 2.15. The topological polar surface area (TPSA) is 35.5 Å². The van der Waals surface area contributed by atoms with E-state index in [0.717, 1.165) is 43.4 Å². The maximum atomic E-state index is 13.5. The minimum atomic E-state index is -0.0970. The second-order valence-electron chi connectivity index (χ2n) is 8.43. The van der Waals surface area contributed by atoms with Gasteiger partial charge in [-0.05, 0) is 77.0 Å². The molecule has 3 nitrogen and oxygen atoms in total. The number of hydrogen-bond donors (Lipinski definition) is 0. The van der Waals surface area contributed by atoms with Crippen LogP contribution < -0.4 is 24.0 Å². The first kappa shape index (κ1) is 22.3. The van der Waals surface area contributed by atoms with Crippen LogP contribution in [0, 0.1) is 5.92 Å². The van der Waals surface area contributed by atoms with Crippen LogP contribution in [0.1, 0.15) is 73.1 Å². The SMILES string of the molecule is CCCCC1C=C(OC)C=C/C1=C(/[O-])N1C(C)(C)CCCC1(C)C.[Li+]. The van der Waals surface area contributed by atoms with E-state index in [9.17, 15) is 5.11 Å². The molecule has 0 radical (unpaired) electrons. The third-order valence-corrected chi connectivity index (χ3v) is 5.53. The van der Waals surface area contributed by atoms with Crippen molar-refractivity contribution in [1.82, 2.24) is 4.90 Å². The van der Waals surface area contributed by atoms with Crippen molar-refractivity contribution < 1.29 is 28.7 Å². The molecule has 0 spiro atoms. The number of nitrogens with zero attached hydrogens (tertiary/aromatic N) is 1. The van der Waals surface area contributed by atoms with Gasteiger partial charge in [0.25, 0.3) is 0 Å². The molecule has 136 valence electrons. The van der Waals surface area contributed by atoms with Gasteiger partial charge in [-0.15, -0.1) is 0 Å². The molecule has 0 N–H and O–H groups in total. The van der Waals surface area contributed by atoms with E-state index in [-0.39, 0.29) is 41.7 Å². The van der Waals surface area contributed by atoms with E-state index < -0.39 is 0 Å². The third kappa shape index (κ3) is 4.89. The molecule has 1 atom stereocenters. The Labute approximate surface area is 166 Å². The van der Waals surface area contributed by atoms with Crippen molar-refractivity contribution in [3.8, 4) is 0 Å². The Morgan fingerprint density at radius 1 is 1.20 bits per heavy atom. The van der Waals surface area contributed by atoms with Gasteiger partial charge in [0.05, 0.1) is 7.11 Å². The van der Waals surface area contributed by atoms with Crippen LogP contribution in [0.3, 0.4) is 0 Å². The largest absolute Gasteiger partial charge is 1.00 e. The molecule has 4 heteroatoms. The van der Waals surface area contributed by atoms with Crippen LogP contribution in [0.5, 0.6) is 0 Å². The molecule has 1 unspecified atom stereocenters. The molecule has 1 saturated heterocycles. The van der Waals surface area contributed by atoms with Gasteiger partial charge in [0.15, 0.2) is 0 Å². The average Bonchev–Trinajstić information content (AvgIpc) is 2.50. The number of allylic oxidation sites excluding steroid dienone is 4. The number of piperidine rings is 1. The fourth-order valence-electron chi connectivity index (χ4n) is 4.34. The quantitative estimate of drug-likeness (QED) is 0.563. The maximum absolute atomic E-state index is 13.5. The van der Waals surface area contributed by atoms with Crippen molar-refractivity contribution in [2.75, 3.05) is 7.11 Å². The van der Waals surface area contributed by atoms with Crippen LogP contribution in [-0.4, -0.2) is 23.1 Å². The van der Waals surface area contributed by atoms with E-state index in [4.69, 9.17) is 4.74 Å². The molecule has 0 amide bonds. The van der Waals surface area contributed by atoms with Gasteiger partial charge < -0.3 is 14.7 Å². The van der Waals surface area contributed by atoms with E-state index in [1.807, 2.05) is 12.2 Å². The number of rotatable bonds is 5. The smallest absolute Gasteiger partial charge is 0.860 e. The van der Waals surface area contributed by atoms with Gasteiger partial charge >= 0.3 is 18.9 Å². The number of likely N-dealkylation sites (tertiary alicyclic amines) is 1. The zero-order chi connectivity index (χ0) is 18.0. The molecule has 1 fully saturated rings. The normalized spacial score (nSPS) is 26.6. The van der Waals surface area contributed by atoms with E-state index in [2.05, 4.69) is 45.6 Å². The van der Waals surface area contributed by atoms with Gasteiger partial charge in [-0.25, -0.2) is 0 Å². The Balaban J connectivity index is 0.00000312. The van der Waals surface area contributed by atoms with E-state index in [1.165, 1.54) is 6.42 Å². The molecular weight excluding hydrogens is 305 g/mol. The Bertz CT molecular complexity index is 530. The molecule has 0 aromatic rings. The van der Waals surface area contributed by atoms with Crippen LogP contribution in [0.4, 0.5) is 0 Å². The van der Waals surface area contributed by atoms with Crippen LogP contribution in [0.25, 0.3) is 0 Å². The zero-order valence-electron chi connectivity index (χ0n) is 17.3. The van der Waals surface area contributed by atoms with Gasteiger partial charge in [-0.3, -0.25) is 0 Å². The predicted octanol–water partition coefficient (Wildman–Crippen LogP) is 1.51. The summed E-state index contributed by atoms with van der Waals surface area (Å²) in [6.45, 7) is 11.0. The number of hydrogen-bond acceptors (Lipinski definition) is 3. The van der Waals surface area contributed by atoms with E-state index in [1.54, 1.807) is 7.11 Å². The minimum Gasteiger partial charge on any atom is -0.860 e. The van der Waals surface area contributed by atoms with Crippen molar-refractivity contribution in [2.45, 2.75) is 84.2 Å². The summed E-state index contributed by atoms with van der Waals surface area (Å²) in [6.07, 6.45) is 12.6. The molecule has 0 aromatic heterocycles. The van der Waals surface area contributed by atoms with Crippen molar-refractivity contribution in [2.24, 2.45) is 5.92 Å². The fourth-order valence-corrected chi connectivity index (χ4v) is 4.34. The summed E-state index contributed by atoms with van der Waals surface area (Å²) in [5.74, 6) is 1.23. The summed E-state index contributed by atoms with van der Waals surface area (Å²) >= 11 is 0. The van der Waals surface area contributed by atoms with Gasteiger partial charge in [0.1, 0.15) is 5.76 Å². The van der Waals surface area contributed by atoms with Crippen molar-refractivity contribution >= 4 is 0 Å². The maximum Gasteiger partial charge on any atom is 1.00 e. The Morgan fingerprint density at radius 3 is 2.32 bits per heavy atom. The molecule has 1 aliphatic carbocycles. The molecule has 2 rings (SSSR count). The second-order valence-corrected chi connectivity index (χ2v) is 8.43. The van der Waals surface area contributed by atoms with Crippen molar-refractivity contribution in [3.05, 3.63) is 35.4 Å². The minimum absolute atomic E-state index is 0. The molecule has 1 heterocycles. The summed E-state index contributed by atoms with van der Waals surface area (Å²) < 4.78 is 5.39. The Morgan fingerprint density at radius 2 is 1.80 bits per heavy atom.